The monoisotopic (exact) mass is 661 g/mol. The first-order valence-electron chi connectivity index (χ1n) is 15.4. The van der Waals surface area contributed by atoms with Crippen molar-refractivity contribution in [3.8, 4) is 0 Å². The number of amides is 2. The Hall–Kier alpha value is -4.65. The van der Waals surface area contributed by atoms with Crippen molar-refractivity contribution in [3.63, 3.8) is 0 Å². The van der Waals surface area contributed by atoms with E-state index in [1.807, 2.05) is 35.2 Å². The second-order valence-corrected chi connectivity index (χ2v) is 18.2. The van der Waals surface area contributed by atoms with Crippen LogP contribution in [0, 0.1) is 0 Å². The second-order valence-electron chi connectivity index (χ2n) is 13.9. The molecule has 47 heavy (non-hydrogen) atoms. The molecule has 1 spiro atoms. The van der Waals surface area contributed by atoms with Crippen molar-refractivity contribution in [2.24, 2.45) is 0 Å². The Morgan fingerprint density at radius 2 is 1.34 bits per heavy atom. The Balaban J connectivity index is 1.30. The lowest BCUT2D eigenvalue weighted by molar-refractivity contribution is -0.172. The number of carbonyl (C=O) groups is 4. The van der Waals surface area contributed by atoms with Crippen LogP contribution in [-0.4, -0.2) is 74.7 Å². The molecule has 242 valence electrons. The number of esters is 1. The summed E-state index contributed by atoms with van der Waals surface area (Å²) in [5.41, 5.74) is 0.584. The fraction of sp³-hybridized carbons (Fsp3) is 0.353. The van der Waals surface area contributed by atoms with E-state index < -0.39 is 62.1 Å². The number of halogens is 3. The van der Waals surface area contributed by atoms with Crippen LogP contribution in [0.1, 0.15) is 57.2 Å². The van der Waals surface area contributed by atoms with Gasteiger partial charge in [-0.1, -0.05) is 25.2 Å². The molecule has 13 heteroatoms. The van der Waals surface area contributed by atoms with Gasteiger partial charge in [-0.2, -0.15) is 0 Å². The van der Waals surface area contributed by atoms with E-state index in [9.17, 15) is 32.3 Å². The lowest BCUT2D eigenvalue weighted by Gasteiger charge is -2.47. The number of imide groups is 1. The molecule has 0 bridgehead atoms. The molecule has 0 aliphatic carbocycles. The van der Waals surface area contributed by atoms with Gasteiger partial charge < -0.3 is 19.4 Å². The van der Waals surface area contributed by atoms with Crippen LogP contribution in [0.2, 0.25) is 13.1 Å². The third kappa shape index (κ3) is 4.28. The molecule has 5 aliphatic heterocycles. The van der Waals surface area contributed by atoms with Gasteiger partial charge in [0.2, 0.25) is 0 Å². The van der Waals surface area contributed by atoms with Gasteiger partial charge in [-0.3, -0.25) is 9.59 Å². The molecular formula is C34H30F3N3O6Si. The van der Waals surface area contributed by atoms with E-state index >= 15 is 0 Å². The van der Waals surface area contributed by atoms with E-state index in [0.717, 1.165) is 16.1 Å². The minimum absolute atomic E-state index is 0.00188. The zero-order chi connectivity index (χ0) is 33.3. The third-order valence-corrected chi connectivity index (χ3v) is 13.5. The summed E-state index contributed by atoms with van der Waals surface area (Å²) in [7, 11) is -2.65. The number of fused-ring (bicyclic) bond motifs is 6. The zero-order valence-electron chi connectivity index (χ0n) is 25.9. The molecule has 9 nitrogen and oxygen atoms in total. The number of benzene rings is 3. The van der Waals surface area contributed by atoms with Crippen molar-refractivity contribution in [2.75, 3.05) is 36.0 Å². The quantitative estimate of drug-likeness (QED) is 0.238. The van der Waals surface area contributed by atoms with Crippen LogP contribution in [0.25, 0.3) is 0 Å². The molecule has 1 atom stereocenters. The lowest BCUT2D eigenvalue weighted by Crippen LogP contribution is -2.64. The van der Waals surface area contributed by atoms with Crippen molar-refractivity contribution in [1.29, 1.82) is 0 Å². The van der Waals surface area contributed by atoms with Gasteiger partial charge in [0, 0.05) is 40.9 Å². The van der Waals surface area contributed by atoms with Gasteiger partial charge in [0.15, 0.2) is 5.60 Å². The third-order valence-electron chi connectivity index (χ3n) is 10.0. The largest absolute Gasteiger partial charge is 0.441 e. The Kier molecular flexibility index (Phi) is 5.98. The standard InChI is InChI=1S/C34H30F3N3O6Si/c1-32(35)15-38(16-32)20-5-8-23-26(13-20)47(2,3)27-14-21(39-17-33(36,37)18-39)6-9-24(27)34(23)25-12-19(4-7-22(25)31(44)45-34)30(43)46-40-28(41)10-11-29(40)42/h4-9,12-14H,10-11,15-18H2,1-3H3. The Morgan fingerprint density at radius 1 is 0.787 bits per heavy atom. The summed E-state index contributed by atoms with van der Waals surface area (Å²) >= 11 is 0. The van der Waals surface area contributed by atoms with Crippen molar-refractivity contribution in [2.45, 2.75) is 50.1 Å². The minimum Gasteiger partial charge on any atom is -0.441 e. The molecular weight excluding hydrogens is 631 g/mol. The van der Waals surface area contributed by atoms with Crippen LogP contribution < -0.4 is 20.2 Å². The number of hydroxylamine groups is 2. The van der Waals surface area contributed by atoms with Crippen LogP contribution in [0.3, 0.4) is 0 Å². The Morgan fingerprint density at radius 3 is 1.87 bits per heavy atom. The van der Waals surface area contributed by atoms with Crippen LogP contribution in [0.15, 0.2) is 54.6 Å². The molecule has 3 fully saturated rings. The van der Waals surface area contributed by atoms with Crippen LogP contribution in [-0.2, 0) is 24.8 Å². The van der Waals surface area contributed by atoms with E-state index in [4.69, 9.17) is 9.57 Å². The maximum atomic E-state index is 14.5. The highest BCUT2D eigenvalue weighted by Crippen LogP contribution is 2.50. The Labute approximate surface area is 268 Å². The van der Waals surface area contributed by atoms with Gasteiger partial charge in [-0.25, -0.2) is 22.8 Å². The normalized spacial score (nSPS) is 24.3. The van der Waals surface area contributed by atoms with Crippen molar-refractivity contribution in [3.05, 3.63) is 82.4 Å². The van der Waals surface area contributed by atoms with E-state index in [2.05, 4.69) is 13.1 Å². The van der Waals surface area contributed by atoms with Gasteiger partial charge in [0.25, 0.3) is 17.7 Å². The fourth-order valence-corrected chi connectivity index (χ4v) is 10.8. The van der Waals surface area contributed by atoms with E-state index in [0.29, 0.717) is 27.4 Å². The number of carbonyl (C=O) groups excluding carboxylic acids is 4. The van der Waals surface area contributed by atoms with Gasteiger partial charge in [-0.05, 0) is 59.8 Å². The first-order valence-corrected chi connectivity index (χ1v) is 18.4. The SMILES string of the molecule is CC1(F)CN(c2ccc3c(c2)[Si](C)(C)c2cc(N4CC(F)(F)C4)ccc2C32OC(=O)c3ccc(C(=O)ON4C(=O)CCC4=O)cc32)C1. The molecule has 3 aromatic carbocycles. The zero-order valence-corrected chi connectivity index (χ0v) is 26.9. The average molecular weight is 662 g/mol. The van der Waals surface area contributed by atoms with E-state index in [-0.39, 0.29) is 37.1 Å². The van der Waals surface area contributed by atoms with Crippen molar-refractivity contribution < 1.29 is 41.9 Å². The summed E-state index contributed by atoms with van der Waals surface area (Å²) in [4.78, 5) is 59.9. The summed E-state index contributed by atoms with van der Waals surface area (Å²) in [6.45, 7) is 5.49. The molecule has 3 aromatic rings. The molecule has 1 unspecified atom stereocenters. The molecule has 0 N–H and O–H groups in total. The fourth-order valence-electron chi connectivity index (χ4n) is 7.61. The number of rotatable bonds is 4. The predicted molar refractivity (Wildman–Crippen MR) is 167 cm³/mol. The summed E-state index contributed by atoms with van der Waals surface area (Å²) in [6, 6.07) is 15.6. The smallest absolute Gasteiger partial charge is 0.363 e. The molecule has 0 saturated carbocycles. The van der Waals surface area contributed by atoms with Crippen LogP contribution in [0.5, 0.6) is 0 Å². The molecule has 3 saturated heterocycles. The molecule has 0 aromatic heterocycles. The number of nitrogens with zero attached hydrogens (tertiary/aromatic N) is 3. The molecule has 8 rings (SSSR count). The van der Waals surface area contributed by atoms with E-state index in [1.165, 1.54) is 18.2 Å². The lowest BCUT2D eigenvalue weighted by atomic mass is 9.78. The first kappa shape index (κ1) is 29.7. The minimum atomic E-state index is -2.77. The highest BCUT2D eigenvalue weighted by Gasteiger charge is 2.57. The predicted octanol–water partition coefficient (Wildman–Crippen LogP) is 3.51. The Bertz CT molecular complexity index is 1850. The summed E-state index contributed by atoms with van der Waals surface area (Å²) < 4.78 is 48.7. The topological polar surface area (TPSA) is 96.5 Å². The number of ether oxygens (including phenoxy) is 1. The van der Waals surface area contributed by atoms with E-state index in [1.54, 1.807) is 17.9 Å². The van der Waals surface area contributed by atoms with Gasteiger partial charge in [-0.15, -0.1) is 5.06 Å². The molecule has 0 radical (unpaired) electrons. The number of alkyl halides is 3. The van der Waals surface area contributed by atoms with Crippen LogP contribution >= 0.6 is 0 Å². The number of hydrogen-bond donors (Lipinski definition) is 0. The second kappa shape index (κ2) is 9.46. The highest BCUT2D eigenvalue weighted by molar-refractivity contribution is 7.01. The molecule has 2 amide bonds. The van der Waals surface area contributed by atoms with Gasteiger partial charge in [0.05, 0.1) is 37.3 Å². The van der Waals surface area contributed by atoms with Gasteiger partial charge in [0.1, 0.15) is 13.7 Å². The first-order chi connectivity index (χ1) is 22.1. The summed E-state index contributed by atoms with van der Waals surface area (Å²) in [6.07, 6.45) is -0.119. The summed E-state index contributed by atoms with van der Waals surface area (Å²) in [5.74, 6) is -5.58. The van der Waals surface area contributed by atoms with Gasteiger partial charge >= 0.3 is 11.9 Å². The molecule has 5 aliphatic rings. The highest BCUT2D eigenvalue weighted by atomic mass is 28.3. The number of hydrogen-bond acceptors (Lipinski definition) is 8. The molecule has 5 heterocycles. The maximum Gasteiger partial charge on any atom is 0.363 e. The summed E-state index contributed by atoms with van der Waals surface area (Å²) in [5, 5.41) is 2.26. The van der Waals surface area contributed by atoms with Crippen molar-refractivity contribution >= 4 is 53.6 Å². The maximum absolute atomic E-state index is 14.5. The average Bonchev–Trinajstić information content (AvgIpc) is 3.48. The van der Waals surface area contributed by atoms with Crippen molar-refractivity contribution in [1.82, 2.24) is 5.06 Å². The van der Waals surface area contributed by atoms with Crippen LogP contribution in [0.4, 0.5) is 24.5 Å². The number of anilines is 2.